The van der Waals surface area contributed by atoms with Gasteiger partial charge in [-0.05, 0) is 38.7 Å². The lowest BCUT2D eigenvalue weighted by molar-refractivity contribution is 0.00578. The van der Waals surface area contributed by atoms with E-state index in [-0.39, 0.29) is 30.7 Å². The number of aromatic nitrogens is 2. The maximum atomic E-state index is 6.10. The molecule has 0 spiro atoms. The highest BCUT2D eigenvalue weighted by Gasteiger charge is 2.51. The first kappa shape index (κ1) is 17.1. The van der Waals surface area contributed by atoms with E-state index in [0.29, 0.717) is 0 Å². The van der Waals surface area contributed by atoms with E-state index in [0.717, 1.165) is 12.0 Å². The minimum atomic E-state index is -0.308. The van der Waals surface area contributed by atoms with E-state index in [9.17, 15) is 0 Å². The van der Waals surface area contributed by atoms with Crippen molar-refractivity contribution in [2.75, 3.05) is 0 Å². The molecular formula is C16H22BClN2O2. The fourth-order valence-electron chi connectivity index (χ4n) is 2.41. The van der Waals surface area contributed by atoms with Crippen molar-refractivity contribution in [2.45, 2.75) is 45.4 Å². The number of hydrogen-bond acceptors (Lipinski definition) is 3. The van der Waals surface area contributed by atoms with Crippen molar-refractivity contribution in [3.05, 3.63) is 48.5 Å². The quantitative estimate of drug-likeness (QED) is 0.816. The maximum Gasteiger partial charge on any atom is 0.494 e. The summed E-state index contributed by atoms with van der Waals surface area (Å²) in [5.41, 5.74) is 1.65. The Hall–Kier alpha value is -1.30. The number of benzene rings is 1. The van der Waals surface area contributed by atoms with Crippen LogP contribution in [-0.4, -0.2) is 27.9 Å². The molecule has 1 aromatic heterocycles. The van der Waals surface area contributed by atoms with Gasteiger partial charge in [0.15, 0.2) is 0 Å². The van der Waals surface area contributed by atoms with Crippen LogP contribution in [0.15, 0.2) is 43.0 Å². The minimum absolute atomic E-state index is 0. The summed E-state index contributed by atoms with van der Waals surface area (Å²) in [5.74, 6) is 0. The fourth-order valence-corrected chi connectivity index (χ4v) is 2.41. The zero-order valence-corrected chi connectivity index (χ0v) is 14.3. The zero-order chi connectivity index (χ0) is 15.1. The van der Waals surface area contributed by atoms with E-state index in [2.05, 4.69) is 50.9 Å². The van der Waals surface area contributed by atoms with Gasteiger partial charge in [0.05, 0.1) is 17.5 Å². The molecule has 0 atom stereocenters. The van der Waals surface area contributed by atoms with Gasteiger partial charge in [-0.1, -0.05) is 24.3 Å². The molecule has 0 radical (unpaired) electrons. The Labute approximate surface area is 138 Å². The number of nitrogens with zero attached hydrogens (tertiary/aromatic N) is 2. The van der Waals surface area contributed by atoms with Crippen LogP contribution in [0, 0.1) is 0 Å². The number of imidazole rings is 1. The fraction of sp³-hybridized carbons (Fsp3) is 0.438. The molecule has 0 saturated carbocycles. The second-order valence-corrected chi connectivity index (χ2v) is 6.57. The largest absolute Gasteiger partial charge is 0.494 e. The summed E-state index contributed by atoms with van der Waals surface area (Å²) in [7, 11) is -0.308. The summed E-state index contributed by atoms with van der Waals surface area (Å²) in [5, 5.41) is 0. The molecule has 1 aliphatic rings. The molecule has 3 rings (SSSR count). The molecule has 118 valence electrons. The third kappa shape index (κ3) is 3.22. The molecule has 1 aliphatic heterocycles. The normalized spacial score (nSPS) is 19.0. The van der Waals surface area contributed by atoms with Crippen LogP contribution in [0.3, 0.4) is 0 Å². The van der Waals surface area contributed by atoms with Crippen molar-refractivity contribution in [3.63, 3.8) is 0 Å². The highest BCUT2D eigenvalue weighted by Crippen LogP contribution is 2.36. The first-order valence-electron chi connectivity index (χ1n) is 7.28. The molecule has 0 aliphatic carbocycles. The van der Waals surface area contributed by atoms with Gasteiger partial charge in [0.1, 0.15) is 0 Å². The lowest BCUT2D eigenvalue weighted by Gasteiger charge is -2.32. The maximum absolute atomic E-state index is 6.10. The summed E-state index contributed by atoms with van der Waals surface area (Å²) in [6.07, 6.45) is 5.57. The van der Waals surface area contributed by atoms with Crippen LogP contribution in [0.1, 0.15) is 33.3 Å². The monoisotopic (exact) mass is 320 g/mol. The Kier molecular flexibility index (Phi) is 4.71. The molecule has 0 N–H and O–H groups in total. The molecule has 2 heterocycles. The topological polar surface area (TPSA) is 36.3 Å². The minimum Gasteiger partial charge on any atom is -0.399 e. The van der Waals surface area contributed by atoms with Crippen LogP contribution in [0.5, 0.6) is 0 Å². The van der Waals surface area contributed by atoms with E-state index in [1.54, 1.807) is 6.20 Å². The van der Waals surface area contributed by atoms with Gasteiger partial charge in [0.2, 0.25) is 0 Å². The smallest absolute Gasteiger partial charge is 0.399 e. The standard InChI is InChI=1S/C16H21BN2O2.ClH/c1-15(2)16(3,4)21-17(20-15)14-7-5-6-13(10-14)11-19-9-8-18-12-19;/h5-10,12H,11H2,1-4H3;1H. The zero-order valence-electron chi connectivity index (χ0n) is 13.4. The van der Waals surface area contributed by atoms with Gasteiger partial charge in [-0.3, -0.25) is 0 Å². The Morgan fingerprint density at radius 3 is 2.41 bits per heavy atom. The predicted molar refractivity (Wildman–Crippen MR) is 90.7 cm³/mol. The lowest BCUT2D eigenvalue weighted by atomic mass is 9.78. The van der Waals surface area contributed by atoms with Crippen molar-refractivity contribution in [1.82, 2.24) is 9.55 Å². The molecule has 0 unspecified atom stereocenters. The summed E-state index contributed by atoms with van der Waals surface area (Å²) < 4.78 is 14.2. The molecule has 1 aromatic carbocycles. The molecular weight excluding hydrogens is 298 g/mol. The Morgan fingerprint density at radius 2 is 1.82 bits per heavy atom. The molecule has 1 saturated heterocycles. The molecule has 22 heavy (non-hydrogen) atoms. The van der Waals surface area contributed by atoms with Crippen LogP contribution in [0.4, 0.5) is 0 Å². The van der Waals surface area contributed by atoms with E-state index < -0.39 is 0 Å². The molecule has 0 amide bonds. The third-order valence-electron chi connectivity index (χ3n) is 4.40. The van der Waals surface area contributed by atoms with Crippen LogP contribution in [0.25, 0.3) is 0 Å². The second-order valence-electron chi connectivity index (χ2n) is 6.57. The van der Waals surface area contributed by atoms with Crippen LogP contribution < -0.4 is 5.46 Å². The second kappa shape index (κ2) is 6.07. The Bertz CT molecular complexity index is 613. The third-order valence-corrected chi connectivity index (χ3v) is 4.40. The van der Waals surface area contributed by atoms with Gasteiger partial charge in [0, 0.05) is 18.9 Å². The van der Waals surface area contributed by atoms with Crippen molar-refractivity contribution in [2.24, 2.45) is 0 Å². The van der Waals surface area contributed by atoms with Crippen molar-refractivity contribution >= 4 is 25.0 Å². The number of halogens is 1. The molecule has 1 fully saturated rings. The van der Waals surface area contributed by atoms with Crippen LogP contribution >= 0.6 is 12.4 Å². The van der Waals surface area contributed by atoms with Gasteiger partial charge >= 0.3 is 7.12 Å². The SMILES string of the molecule is CC1(C)OB(c2cccc(Cn3ccnc3)c2)OC1(C)C.Cl. The predicted octanol–water partition coefficient (Wildman–Crippen LogP) is 2.65. The first-order chi connectivity index (χ1) is 9.87. The van der Waals surface area contributed by atoms with E-state index in [4.69, 9.17) is 9.31 Å². The molecule has 4 nitrogen and oxygen atoms in total. The first-order valence-corrected chi connectivity index (χ1v) is 7.28. The molecule has 0 bridgehead atoms. The molecule has 6 heteroatoms. The number of rotatable bonds is 3. The number of hydrogen-bond donors (Lipinski definition) is 0. The Balaban J connectivity index is 0.00000176. The van der Waals surface area contributed by atoms with Gasteiger partial charge in [0.25, 0.3) is 0 Å². The summed E-state index contributed by atoms with van der Waals surface area (Å²) in [6.45, 7) is 9.09. The van der Waals surface area contributed by atoms with Gasteiger partial charge < -0.3 is 13.9 Å². The van der Waals surface area contributed by atoms with E-state index >= 15 is 0 Å². The van der Waals surface area contributed by atoms with Crippen LogP contribution in [0.2, 0.25) is 0 Å². The summed E-state index contributed by atoms with van der Waals surface area (Å²) >= 11 is 0. The summed E-state index contributed by atoms with van der Waals surface area (Å²) in [4.78, 5) is 4.07. The summed E-state index contributed by atoms with van der Waals surface area (Å²) in [6, 6.07) is 8.35. The van der Waals surface area contributed by atoms with E-state index in [1.807, 2.05) is 23.2 Å². The van der Waals surface area contributed by atoms with Gasteiger partial charge in [-0.2, -0.15) is 0 Å². The van der Waals surface area contributed by atoms with Crippen molar-refractivity contribution in [3.8, 4) is 0 Å². The van der Waals surface area contributed by atoms with Crippen LogP contribution in [-0.2, 0) is 15.9 Å². The average molecular weight is 321 g/mol. The Morgan fingerprint density at radius 1 is 1.14 bits per heavy atom. The average Bonchev–Trinajstić information content (AvgIpc) is 2.97. The van der Waals surface area contributed by atoms with Crippen molar-refractivity contribution in [1.29, 1.82) is 0 Å². The van der Waals surface area contributed by atoms with Crippen molar-refractivity contribution < 1.29 is 9.31 Å². The van der Waals surface area contributed by atoms with Gasteiger partial charge in [-0.15, -0.1) is 12.4 Å². The molecule has 2 aromatic rings. The highest BCUT2D eigenvalue weighted by atomic mass is 35.5. The van der Waals surface area contributed by atoms with Gasteiger partial charge in [-0.25, -0.2) is 4.98 Å². The lowest BCUT2D eigenvalue weighted by Crippen LogP contribution is -2.41. The highest BCUT2D eigenvalue weighted by molar-refractivity contribution is 6.62. The van der Waals surface area contributed by atoms with E-state index in [1.165, 1.54) is 5.56 Å².